The molecule has 0 unspecified atom stereocenters. The Bertz CT molecular complexity index is 1000. The van der Waals surface area contributed by atoms with Crippen molar-refractivity contribution in [3.05, 3.63) is 83.6 Å². The molecule has 0 spiro atoms. The van der Waals surface area contributed by atoms with E-state index < -0.39 is 0 Å². The molecule has 3 rings (SSSR count). The highest BCUT2D eigenvalue weighted by atomic mass is 16.1. The summed E-state index contributed by atoms with van der Waals surface area (Å²) in [7, 11) is 0. The van der Waals surface area contributed by atoms with Gasteiger partial charge in [0.2, 0.25) is 0 Å². The van der Waals surface area contributed by atoms with E-state index >= 15 is 0 Å². The van der Waals surface area contributed by atoms with E-state index in [0.717, 1.165) is 5.69 Å². The monoisotopic (exact) mass is 387 g/mol. The molecule has 0 aliphatic carbocycles. The maximum absolute atomic E-state index is 12.5. The largest absolute Gasteiger partial charge is 0.340 e. The van der Waals surface area contributed by atoms with Crippen molar-refractivity contribution >= 4 is 28.9 Å². The zero-order valence-electron chi connectivity index (χ0n) is 17.1. The zero-order valence-corrected chi connectivity index (χ0v) is 17.1. The van der Waals surface area contributed by atoms with Crippen molar-refractivity contribution < 1.29 is 9.59 Å². The van der Waals surface area contributed by atoms with Crippen LogP contribution in [-0.4, -0.2) is 16.7 Å². The van der Waals surface area contributed by atoms with E-state index in [-0.39, 0.29) is 17.1 Å². The Morgan fingerprint density at radius 2 is 1.38 bits per heavy atom. The first-order valence-electron chi connectivity index (χ1n) is 9.48. The van der Waals surface area contributed by atoms with Crippen molar-refractivity contribution in [1.82, 2.24) is 4.98 Å². The van der Waals surface area contributed by atoms with Gasteiger partial charge >= 0.3 is 0 Å². The van der Waals surface area contributed by atoms with E-state index in [1.54, 1.807) is 30.5 Å². The maximum atomic E-state index is 12.5. The molecule has 2 N–H and O–H groups in total. The summed E-state index contributed by atoms with van der Waals surface area (Å²) in [4.78, 5) is 28.1. The summed E-state index contributed by atoms with van der Waals surface area (Å²) in [5.74, 6) is 0.503. The number of amides is 1. The van der Waals surface area contributed by atoms with Crippen LogP contribution in [-0.2, 0) is 5.41 Å². The van der Waals surface area contributed by atoms with Crippen LogP contribution in [0.4, 0.5) is 17.2 Å². The van der Waals surface area contributed by atoms with Crippen LogP contribution in [0.25, 0.3) is 0 Å². The fourth-order valence-corrected chi connectivity index (χ4v) is 2.80. The molecule has 3 aromatic rings. The van der Waals surface area contributed by atoms with E-state index in [4.69, 9.17) is 0 Å². The Labute approximate surface area is 171 Å². The van der Waals surface area contributed by atoms with Gasteiger partial charge in [-0.25, -0.2) is 4.98 Å². The summed E-state index contributed by atoms with van der Waals surface area (Å²) in [6.45, 7) is 7.96. The smallest absolute Gasteiger partial charge is 0.255 e. The van der Waals surface area contributed by atoms with Crippen molar-refractivity contribution in [2.24, 2.45) is 0 Å². The van der Waals surface area contributed by atoms with Crippen molar-refractivity contribution in [2.75, 3.05) is 10.6 Å². The third-order valence-corrected chi connectivity index (χ3v) is 4.60. The molecule has 29 heavy (non-hydrogen) atoms. The zero-order chi connectivity index (χ0) is 21.0. The molecule has 0 radical (unpaired) electrons. The Morgan fingerprint density at radius 1 is 0.793 bits per heavy atom. The van der Waals surface area contributed by atoms with E-state index in [1.165, 1.54) is 12.5 Å². The lowest BCUT2D eigenvalue weighted by Crippen LogP contribution is -2.14. The molecule has 1 aromatic heterocycles. The molecule has 1 amide bonds. The van der Waals surface area contributed by atoms with E-state index in [1.807, 2.05) is 36.4 Å². The van der Waals surface area contributed by atoms with Gasteiger partial charge in [-0.3, -0.25) is 9.59 Å². The summed E-state index contributed by atoms with van der Waals surface area (Å²) in [6, 6.07) is 18.4. The molecular weight excluding hydrogens is 362 g/mol. The number of aromatic nitrogens is 1. The van der Waals surface area contributed by atoms with Gasteiger partial charge in [0.1, 0.15) is 5.82 Å². The van der Waals surface area contributed by atoms with Crippen LogP contribution < -0.4 is 10.6 Å². The standard InChI is InChI=1S/C24H25N3O2/c1-16(28)17-7-11-20(12-8-17)26-22-14-13-21(15-25-22)27-23(29)18-5-9-19(10-6-18)24(2,3)4/h5-15H,1-4H3,(H,25,26)(H,27,29). The maximum Gasteiger partial charge on any atom is 0.255 e. The number of pyridine rings is 1. The minimum atomic E-state index is -0.173. The average molecular weight is 387 g/mol. The number of nitrogens with zero attached hydrogens (tertiary/aromatic N) is 1. The van der Waals surface area contributed by atoms with Gasteiger partial charge in [-0.05, 0) is 66.4 Å². The molecule has 0 bridgehead atoms. The molecular formula is C24H25N3O2. The number of hydrogen-bond acceptors (Lipinski definition) is 4. The highest BCUT2D eigenvalue weighted by molar-refractivity contribution is 6.04. The van der Waals surface area contributed by atoms with Gasteiger partial charge in [0.25, 0.3) is 5.91 Å². The van der Waals surface area contributed by atoms with Crippen molar-refractivity contribution in [1.29, 1.82) is 0 Å². The second-order valence-corrected chi connectivity index (χ2v) is 7.97. The third-order valence-electron chi connectivity index (χ3n) is 4.60. The number of rotatable bonds is 5. The quantitative estimate of drug-likeness (QED) is 0.561. The number of anilines is 3. The van der Waals surface area contributed by atoms with Crippen molar-refractivity contribution in [3.8, 4) is 0 Å². The average Bonchev–Trinajstić information content (AvgIpc) is 2.69. The number of hydrogen-bond donors (Lipinski definition) is 2. The van der Waals surface area contributed by atoms with Gasteiger partial charge in [-0.15, -0.1) is 0 Å². The Kier molecular flexibility index (Phi) is 5.78. The van der Waals surface area contributed by atoms with Gasteiger partial charge in [-0.2, -0.15) is 0 Å². The van der Waals surface area contributed by atoms with Gasteiger partial charge < -0.3 is 10.6 Å². The molecule has 5 nitrogen and oxygen atoms in total. The number of Topliss-reactive ketones (excluding diaryl/α,β-unsaturated/α-hetero) is 1. The molecule has 1 heterocycles. The van der Waals surface area contributed by atoms with Crippen LogP contribution in [0, 0.1) is 0 Å². The Balaban J connectivity index is 1.62. The second-order valence-electron chi connectivity index (χ2n) is 7.97. The predicted molar refractivity (Wildman–Crippen MR) is 117 cm³/mol. The van der Waals surface area contributed by atoms with Crippen LogP contribution >= 0.6 is 0 Å². The SMILES string of the molecule is CC(=O)c1ccc(Nc2ccc(NC(=O)c3ccc(C(C)(C)C)cc3)cn2)cc1. The van der Waals surface area contributed by atoms with Crippen LogP contribution in [0.5, 0.6) is 0 Å². The summed E-state index contributed by atoms with van der Waals surface area (Å²) < 4.78 is 0. The molecule has 2 aromatic carbocycles. The lowest BCUT2D eigenvalue weighted by atomic mass is 9.87. The van der Waals surface area contributed by atoms with Crippen molar-refractivity contribution in [3.63, 3.8) is 0 Å². The number of nitrogens with one attached hydrogen (secondary N) is 2. The lowest BCUT2D eigenvalue weighted by molar-refractivity contribution is 0.101. The molecule has 0 saturated heterocycles. The number of benzene rings is 2. The lowest BCUT2D eigenvalue weighted by Gasteiger charge is -2.19. The molecule has 0 aliphatic heterocycles. The molecule has 0 atom stereocenters. The molecule has 0 fully saturated rings. The minimum absolute atomic E-state index is 0.0304. The molecule has 148 valence electrons. The van der Waals surface area contributed by atoms with E-state index in [9.17, 15) is 9.59 Å². The molecule has 5 heteroatoms. The normalized spacial score (nSPS) is 11.0. The van der Waals surface area contributed by atoms with Gasteiger partial charge in [0.15, 0.2) is 5.78 Å². The molecule has 0 aliphatic rings. The van der Waals surface area contributed by atoms with Gasteiger partial charge in [-0.1, -0.05) is 32.9 Å². The van der Waals surface area contributed by atoms with Crippen LogP contribution in [0.15, 0.2) is 66.9 Å². The summed E-state index contributed by atoms with van der Waals surface area (Å²) in [5.41, 5.74) is 3.95. The van der Waals surface area contributed by atoms with Crippen LogP contribution in [0.2, 0.25) is 0 Å². The fourth-order valence-electron chi connectivity index (χ4n) is 2.80. The first-order chi connectivity index (χ1) is 13.7. The first-order valence-corrected chi connectivity index (χ1v) is 9.48. The summed E-state index contributed by atoms with van der Waals surface area (Å²) in [6.07, 6.45) is 1.60. The first kappa shape index (κ1) is 20.3. The summed E-state index contributed by atoms with van der Waals surface area (Å²) in [5, 5.41) is 6.03. The second kappa shape index (κ2) is 8.27. The number of carbonyl (C=O) groups excluding carboxylic acids is 2. The number of carbonyl (C=O) groups is 2. The van der Waals surface area contributed by atoms with Gasteiger partial charge in [0, 0.05) is 16.8 Å². The van der Waals surface area contributed by atoms with Crippen LogP contribution in [0.1, 0.15) is 54.0 Å². The topological polar surface area (TPSA) is 71.1 Å². The third kappa shape index (κ3) is 5.29. The summed E-state index contributed by atoms with van der Waals surface area (Å²) >= 11 is 0. The van der Waals surface area contributed by atoms with Crippen LogP contribution in [0.3, 0.4) is 0 Å². The molecule has 0 saturated carbocycles. The number of ketones is 1. The van der Waals surface area contributed by atoms with E-state index in [0.29, 0.717) is 22.6 Å². The van der Waals surface area contributed by atoms with E-state index in [2.05, 4.69) is 36.4 Å². The fraction of sp³-hybridized carbons (Fsp3) is 0.208. The Hall–Kier alpha value is -3.47. The minimum Gasteiger partial charge on any atom is -0.340 e. The highest BCUT2D eigenvalue weighted by Crippen LogP contribution is 2.23. The Morgan fingerprint density at radius 3 is 1.90 bits per heavy atom. The van der Waals surface area contributed by atoms with Gasteiger partial charge in [0.05, 0.1) is 11.9 Å². The van der Waals surface area contributed by atoms with Crippen molar-refractivity contribution in [2.45, 2.75) is 33.1 Å². The highest BCUT2D eigenvalue weighted by Gasteiger charge is 2.14. The predicted octanol–water partition coefficient (Wildman–Crippen LogP) is 5.58.